The zero-order chi connectivity index (χ0) is 32.1. The molecule has 0 bridgehead atoms. The van der Waals surface area contributed by atoms with E-state index in [1.54, 1.807) is 42.5 Å². The standard InChI is InChI=1S/C33H31Cl2N3O5S2/c1-4-42-26-17-22(9-14-25(26)43-16-15-19(2)3)28-27(29(39)21-7-12-24(35)13-8-21)30(40)31(41)38(28)32-36-37-33(45-32)44-18-20-5-10-23(34)11-6-20/h5-14,17,19,28,39H,4,15-16,18H2,1-3H3/b29-27+. The van der Waals surface area contributed by atoms with Crippen molar-refractivity contribution in [3.05, 3.63) is 99.0 Å². The first kappa shape index (κ1) is 32.8. The van der Waals surface area contributed by atoms with Crippen LogP contribution in [-0.2, 0) is 15.3 Å². The normalized spacial score (nSPS) is 16.0. The predicted octanol–water partition coefficient (Wildman–Crippen LogP) is 8.59. The zero-order valence-electron chi connectivity index (χ0n) is 24.8. The highest BCUT2D eigenvalue weighted by molar-refractivity contribution is 8.00. The molecule has 4 aromatic rings. The minimum Gasteiger partial charge on any atom is -0.507 e. The van der Waals surface area contributed by atoms with Gasteiger partial charge in [0, 0.05) is 21.4 Å². The number of amides is 1. The number of nitrogens with zero attached hydrogens (tertiary/aromatic N) is 3. The van der Waals surface area contributed by atoms with Crippen molar-refractivity contribution in [1.29, 1.82) is 0 Å². The van der Waals surface area contributed by atoms with Gasteiger partial charge in [0.25, 0.3) is 5.78 Å². The molecule has 45 heavy (non-hydrogen) atoms. The lowest BCUT2D eigenvalue weighted by Crippen LogP contribution is -2.29. The average Bonchev–Trinajstić information content (AvgIpc) is 3.59. The summed E-state index contributed by atoms with van der Waals surface area (Å²) in [6.45, 7) is 6.98. The summed E-state index contributed by atoms with van der Waals surface area (Å²) >= 11 is 14.7. The molecule has 1 atom stereocenters. The van der Waals surface area contributed by atoms with Crippen LogP contribution in [0.5, 0.6) is 11.5 Å². The Morgan fingerprint density at radius 3 is 2.33 bits per heavy atom. The SMILES string of the molecule is CCOc1cc(C2/C(=C(\O)c3ccc(Cl)cc3)C(=O)C(=O)N2c2nnc(SCc3ccc(Cl)cc3)s2)ccc1OCCC(C)C. The predicted molar refractivity (Wildman–Crippen MR) is 180 cm³/mol. The number of ketones is 1. The Morgan fingerprint density at radius 1 is 0.978 bits per heavy atom. The number of hydrogen-bond acceptors (Lipinski definition) is 9. The Balaban J connectivity index is 1.55. The lowest BCUT2D eigenvalue weighted by Gasteiger charge is -2.24. The molecule has 1 amide bonds. The third kappa shape index (κ3) is 7.64. The molecule has 1 unspecified atom stereocenters. The molecule has 8 nitrogen and oxygen atoms in total. The number of carbonyl (C=O) groups is 2. The summed E-state index contributed by atoms with van der Waals surface area (Å²) in [5.74, 6) is 0.105. The van der Waals surface area contributed by atoms with Crippen LogP contribution in [0.4, 0.5) is 5.13 Å². The van der Waals surface area contributed by atoms with E-state index in [2.05, 4.69) is 24.0 Å². The minimum absolute atomic E-state index is 0.0798. The van der Waals surface area contributed by atoms with Gasteiger partial charge in [-0.2, -0.15) is 0 Å². The number of ether oxygens (including phenoxy) is 2. The van der Waals surface area contributed by atoms with Crippen LogP contribution in [0.2, 0.25) is 10.0 Å². The number of carbonyl (C=O) groups excluding carboxylic acids is 2. The maximum absolute atomic E-state index is 13.7. The van der Waals surface area contributed by atoms with Crippen molar-refractivity contribution in [1.82, 2.24) is 10.2 Å². The summed E-state index contributed by atoms with van der Waals surface area (Å²) in [6, 6.07) is 18.2. The van der Waals surface area contributed by atoms with Crippen LogP contribution in [-0.4, -0.2) is 40.2 Å². The zero-order valence-corrected chi connectivity index (χ0v) is 28.0. The van der Waals surface area contributed by atoms with E-state index in [-0.39, 0.29) is 16.5 Å². The fraction of sp³-hybridized carbons (Fsp3) is 0.273. The molecule has 12 heteroatoms. The third-order valence-electron chi connectivity index (χ3n) is 6.98. The monoisotopic (exact) mass is 683 g/mol. The van der Waals surface area contributed by atoms with Gasteiger partial charge < -0.3 is 14.6 Å². The number of hydrogen-bond donors (Lipinski definition) is 1. The Bertz CT molecular complexity index is 1710. The second kappa shape index (κ2) is 14.7. The summed E-state index contributed by atoms with van der Waals surface area (Å²) in [4.78, 5) is 28.6. The van der Waals surface area contributed by atoms with Crippen LogP contribution in [0.3, 0.4) is 0 Å². The topological polar surface area (TPSA) is 102 Å². The van der Waals surface area contributed by atoms with Gasteiger partial charge in [-0.1, -0.05) is 78.3 Å². The summed E-state index contributed by atoms with van der Waals surface area (Å²) in [5.41, 5.74) is 1.85. The van der Waals surface area contributed by atoms with Gasteiger partial charge in [-0.15, -0.1) is 10.2 Å². The minimum atomic E-state index is -1.01. The highest BCUT2D eigenvalue weighted by Gasteiger charge is 2.48. The molecule has 0 spiro atoms. The largest absolute Gasteiger partial charge is 0.507 e. The van der Waals surface area contributed by atoms with Crippen LogP contribution in [0, 0.1) is 5.92 Å². The van der Waals surface area contributed by atoms with Crippen molar-refractivity contribution in [2.45, 2.75) is 43.3 Å². The van der Waals surface area contributed by atoms with Crippen molar-refractivity contribution in [2.75, 3.05) is 18.1 Å². The summed E-state index contributed by atoms with van der Waals surface area (Å²) < 4.78 is 12.6. The summed E-state index contributed by atoms with van der Waals surface area (Å²) in [5, 5.41) is 21.4. The van der Waals surface area contributed by atoms with Gasteiger partial charge >= 0.3 is 5.91 Å². The maximum Gasteiger partial charge on any atom is 0.301 e. The Hall–Kier alpha value is -3.57. The first-order valence-electron chi connectivity index (χ1n) is 14.3. The Kier molecular flexibility index (Phi) is 10.7. The van der Waals surface area contributed by atoms with Gasteiger partial charge in [0.1, 0.15) is 5.76 Å². The lowest BCUT2D eigenvalue weighted by molar-refractivity contribution is -0.132. The number of Topliss-reactive ketones (excluding diaryl/α,β-unsaturated/α-hetero) is 1. The van der Waals surface area contributed by atoms with Gasteiger partial charge in [-0.25, -0.2) is 0 Å². The number of anilines is 1. The Labute approximate surface area is 280 Å². The molecule has 0 radical (unpaired) electrons. The smallest absolute Gasteiger partial charge is 0.301 e. The van der Waals surface area contributed by atoms with Crippen LogP contribution in [0.1, 0.15) is 49.9 Å². The van der Waals surface area contributed by atoms with Crippen molar-refractivity contribution in [3.8, 4) is 11.5 Å². The number of aliphatic hydroxyl groups excluding tert-OH is 1. The van der Waals surface area contributed by atoms with Gasteiger partial charge in [0.15, 0.2) is 15.8 Å². The molecule has 1 aliphatic heterocycles. The third-order valence-corrected chi connectivity index (χ3v) is 9.61. The van der Waals surface area contributed by atoms with Gasteiger partial charge in [-0.3, -0.25) is 14.5 Å². The molecular weight excluding hydrogens is 653 g/mol. The molecule has 1 aromatic heterocycles. The van der Waals surface area contributed by atoms with E-state index in [0.717, 1.165) is 12.0 Å². The van der Waals surface area contributed by atoms with E-state index in [1.165, 1.54) is 28.0 Å². The number of thioether (sulfide) groups is 1. The van der Waals surface area contributed by atoms with E-state index in [0.29, 0.717) is 61.9 Å². The van der Waals surface area contributed by atoms with Crippen LogP contribution < -0.4 is 14.4 Å². The van der Waals surface area contributed by atoms with E-state index < -0.39 is 17.7 Å². The maximum atomic E-state index is 13.7. The number of aliphatic hydroxyl groups is 1. The van der Waals surface area contributed by atoms with Crippen molar-refractivity contribution in [3.63, 3.8) is 0 Å². The van der Waals surface area contributed by atoms with Crippen LogP contribution in [0.25, 0.3) is 5.76 Å². The molecule has 1 fully saturated rings. The number of rotatable bonds is 12. The van der Waals surface area contributed by atoms with Gasteiger partial charge in [-0.05, 0) is 78.9 Å². The van der Waals surface area contributed by atoms with Gasteiger partial charge in [0.05, 0.1) is 24.8 Å². The average molecular weight is 685 g/mol. The van der Waals surface area contributed by atoms with Crippen molar-refractivity contribution < 1.29 is 24.2 Å². The number of aromatic nitrogens is 2. The molecule has 3 aromatic carbocycles. The van der Waals surface area contributed by atoms with E-state index >= 15 is 0 Å². The molecular formula is C33H31Cl2N3O5S2. The molecule has 0 aliphatic carbocycles. The number of benzene rings is 3. The van der Waals surface area contributed by atoms with E-state index in [4.69, 9.17) is 32.7 Å². The molecule has 2 heterocycles. The highest BCUT2D eigenvalue weighted by atomic mass is 35.5. The molecule has 1 saturated heterocycles. The fourth-order valence-corrected chi connectivity index (χ4v) is 6.75. The van der Waals surface area contributed by atoms with Crippen molar-refractivity contribution in [2.24, 2.45) is 5.92 Å². The molecule has 0 saturated carbocycles. The summed E-state index contributed by atoms with van der Waals surface area (Å²) in [6.07, 6.45) is 0.865. The molecule has 234 valence electrons. The molecule has 1 aliphatic rings. The quantitative estimate of drug-likeness (QED) is 0.0521. The molecule has 1 N–H and O–H groups in total. The van der Waals surface area contributed by atoms with Crippen LogP contribution in [0.15, 0.2) is 76.6 Å². The first-order chi connectivity index (χ1) is 21.7. The second-order valence-corrected chi connectivity index (χ2v) is 13.7. The van der Waals surface area contributed by atoms with Crippen molar-refractivity contribution >= 4 is 68.9 Å². The summed E-state index contributed by atoms with van der Waals surface area (Å²) in [7, 11) is 0. The second-order valence-electron chi connectivity index (χ2n) is 10.6. The first-order valence-corrected chi connectivity index (χ1v) is 16.9. The molecule has 5 rings (SSSR count). The Morgan fingerprint density at radius 2 is 1.67 bits per heavy atom. The lowest BCUT2D eigenvalue weighted by atomic mass is 9.95. The van der Waals surface area contributed by atoms with E-state index in [1.807, 2.05) is 31.2 Å². The van der Waals surface area contributed by atoms with E-state index in [9.17, 15) is 14.7 Å². The fourth-order valence-electron chi connectivity index (χ4n) is 4.68. The van der Waals surface area contributed by atoms with Gasteiger partial charge in [0.2, 0.25) is 5.13 Å². The van der Waals surface area contributed by atoms with Crippen LogP contribution >= 0.6 is 46.3 Å². The highest BCUT2D eigenvalue weighted by Crippen LogP contribution is 2.45. The number of halogens is 2.